The lowest BCUT2D eigenvalue weighted by molar-refractivity contribution is -0.130. The summed E-state index contributed by atoms with van der Waals surface area (Å²) in [7, 11) is 0. The summed E-state index contributed by atoms with van der Waals surface area (Å²) in [5.74, 6) is -0.261. The predicted octanol–water partition coefficient (Wildman–Crippen LogP) is 2.30. The van der Waals surface area contributed by atoms with E-state index in [1.54, 1.807) is 9.47 Å². The molecule has 1 aliphatic rings. The fourth-order valence-corrected chi connectivity index (χ4v) is 3.20. The number of H-pyrrole nitrogens is 1. The number of aromatic nitrogens is 2. The van der Waals surface area contributed by atoms with Gasteiger partial charge in [-0.2, -0.15) is 0 Å². The number of para-hydroxylation sites is 2. The van der Waals surface area contributed by atoms with Gasteiger partial charge in [-0.25, -0.2) is 4.79 Å². The number of carbonyl (C=O) groups is 1. The van der Waals surface area contributed by atoms with Crippen molar-refractivity contribution < 1.29 is 4.79 Å². The minimum atomic E-state index is -1.02. The number of alkyl halides is 2. The van der Waals surface area contributed by atoms with E-state index >= 15 is 0 Å². The second kappa shape index (κ2) is 5.73. The van der Waals surface area contributed by atoms with Gasteiger partial charge in [0.25, 0.3) is 5.91 Å². The monoisotopic (exact) mass is 327 g/mol. The number of imidazole rings is 1. The van der Waals surface area contributed by atoms with Crippen LogP contribution in [0.25, 0.3) is 11.0 Å². The molecule has 1 fully saturated rings. The highest BCUT2D eigenvalue weighted by atomic mass is 35.5. The molecule has 1 saturated heterocycles. The quantitative estimate of drug-likeness (QED) is 0.860. The van der Waals surface area contributed by atoms with E-state index in [0.717, 1.165) is 11.0 Å². The summed E-state index contributed by atoms with van der Waals surface area (Å²) < 4.78 is 1.79. The zero-order valence-electron chi connectivity index (χ0n) is 11.3. The number of piperidine rings is 1. The molecule has 5 nitrogen and oxygen atoms in total. The Kier molecular flexibility index (Phi) is 3.95. The molecule has 3 rings (SSSR count). The number of aromatic amines is 1. The molecular weight excluding hydrogens is 313 g/mol. The molecule has 0 saturated carbocycles. The van der Waals surface area contributed by atoms with Crippen LogP contribution in [0, 0.1) is 0 Å². The van der Waals surface area contributed by atoms with Crippen molar-refractivity contribution in [2.75, 3.05) is 13.1 Å². The van der Waals surface area contributed by atoms with E-state index in [1.165, 1.54) is 0 Å². The van der Waals surface area contributed by atoms with E-state index in [-0.39, 0.29) is 17.6 Å². The molecule has 1 amide bonds. The molecule has 1 aliphatic heterocycles. The largest absolute Gasteiger partial charge is 0.340 e. The standard InChI is InChI=1S/C14H15Cl2N3O2/c15-12(16)13(20)18-7-5-9(6-8-18)19-11-4-2-1-3-10(11)17-14(19)21/h1-4,9,12H,5-8H2,(H,17,21). The van der Waals surface area contributed by atoms with Crippen LogP contribution in [-0.4, -0.2) is 38.3 Å². The molecule has 0 atom stereocenters. The second-order valence-corrected chi connectivity index (χ2v) is 6.27. The number of halogens is 2. The van der Waals surface area contributed by atoms with Crippen LogP contribution in [0.2, 0.25) is 0 Å². The summed E-state index contributed by atoms with van der Waals surface area (Å²) in [6.45, 7) is 1.12. The van der Waals surface area contributed by atoms with E-state index < -0.39 is 4.84 Å². The number of hydrogen-bond donors (Lipinski definition) is 1. The lowest BCUT2D eigenvalue weighted by Crippen LogP contribution is -2.42. The van der Waals surface area contributed by atoms with Crippen molar-refractivity contribution in [1.29, 1.82) is 0 Å². The molecule has 0 unspecified atom stereocenters. The van der Waals surface area contributed by atoms with Gasteiger partial charge in [-0.05, 0) is 25.0 Å². The van der Waals surface area contributed by atoms with E-state index in [2.05, 4.69) is 4.98 Å². The van der Waals surface area contributed by atoms with E-state index in [1.807, 2.05) is 24.3 Å². The van der Waals surface area contributed by atoms with Gasteiger partial charge in [-0.3, -0.25) is 9.36 Å². The van der Waals surface area contributed by atoms with Gasteiger partial charge >= 0.3 is 5.69 Å². The van der Waals surface area contributed by atoms with Crippen molar-refractivity contribution in [3.8, 4) is 0 Å². The molecule has 2 aromatic rings. The van der Waals surface area contributed by atoms with Crippen molar-refractivity contribution >= 4 is 40.1 Å². The minimum Gasteiger partial charge on any atom is -0.340 e. The number of rotatable bonds is 2. The number of hydrogen-bond acceptors (Lipinski definition) is 2. The summed E-state index contributed by atoms with van der Waals surface area (Å²) in [4.78, 5) is 27.4. The molecule has 0 bridgehead atoms. The maximum Gasteiger partial charge on any atom is 0.326 e. The van der Waals surface area contributed by atoms with Gasteiger partial charge in [0.15, 0.2) is 4.84 Å². The van der Waals surface area contributed by atoms with Crippen molar-refractivity contribution in [3.63, 3.8) is 0 Å². The molecule has 1 aromatic carbocycles. The highest BCUT2D eigenvalue weighted by Crippen LogP contribution is 2.25. The lowest BCUT2D eigenvalue weighted by atomic mass is 10.0. The van der Waals surface area contributed by atoms with E-state index in [0.29, 0.717) is 25.9 Å². The van der Waals surface area contributed by atoms with Crippen LogP contribution in [0.1, 0.15) is 18.9 Å². The fourth-order valence-electron chi connectivity index (χ4n) is 2.92. The molecular formula is C14H15Cl2N3O2. The second-order valence-electron chi connectivity index (χ2n) is 5.17. The third-order valence-electron chi connectivity index (χ3n) is 3.95. The van der Waals surface area contributed by atoms with Crippen molar-refractivity contribution in [2.24, 2.45) is 0 Å². The van der Waals surface area contributed by atoms with Gasteiger partial charge < -0.3 is 9.88 Å². The Bertz CT molecular complexity index is 714. The van der Waals surface area contributed by atoms with Crippen molar-refractivity contribution in [2.45, 2.75) is 23.7 Å². The zero-order valence-corrected chi connectivity index (χ0v) is 12.8. The Morgan fingerprint density at radius 2 is 1.90 bits per heavy atom. The Balaban J connectivity index is 1.82. The molecule has 21 heavy (non-hydrogen) atoms. The molecule has 0 spiro atoms. The predicted molar refractivity (Wildman–Crippen MR) is 82.9 cm³/mol. The van der Waals surface area contributed by atoms with Gasteiger partial charge in [0.2, 0.25) is 0 Å². The van der Waals surface area contributed by atoms with E-state index in [4.69, 9.17) is 23.2 Å². The molecule has 7 heteroatoms. The van der Waals surface area contributed by atoms with Crippen molar-refractivity contribution in [1.82, 2.24) is 14.5 Å². The number of likely N-dealkylation sites (tertiary alicyclic amines) is 1. The fraction of sp³-hybridized carbons (Fsp3) is 0.429. The first kappa shape index (κ1) is 14.5. The third-order valence-corrected chi connectivity index (χ3v) is 4.33. The van der Waals surface area contributed by atoms with Gasteiger partial charge in [-0.15, -0.1) is 0 Å². The molecule has 1 aromatic heterocycles. The Labute approximate surface area is 131 Å². The number of carbonyl (C=O) groups excluding carboxylic acids is 1. The smallest absolute Gasteiger partial charge is 0.326 e. The van der Waals surface area contributed by atoms with Crippen LogP contribution >= 0.6 is 23.2 Å². The average Bonchev–Trinajstić information content (AvgIpc) is 2.82. The van der Waals surface area contributed by atoms with Crippen LogP contribution in [0.15, 0.2) is 29.1 Å². The number of nitrogens with one attached hydrogen (secondary N) is 1. The summed E-state index contributed by atoms with van der Waals surface area (Å²) in [5.41, 5.74) is 1.64. The van der Waals surface area contributed by atoms with E-state index in [9.17, 15) is 9.59 Å². The maximum atomic E-state index is 12.1. The van der Waals surface area contributed by atoms with Crippen LogP contribution in [0.4, 0.5) is 0 Å². The topological polar surface area (TPSA) is 58.1 Å². The zero-order chi connectivity index (χ0) is 15.0. The van der Waals surface area contributed by atoms with Crippen LogP contribution in [0.5, 0.6) is 0 Å². The molecule has 0 aliphatic carbocycles. The van der Waals surface area contributed by atoms with Gasteiger partial charge in [0.05, 0.1) is 11.0 Å². The number of benzene rings is 1. The normalized spacial score (nSPS) is 16.8. The summed E-state index contributed by atoms with van der Waals surface area (Å²) in [6.07, 6.45) is 1.43. The Morgan fingerprint density at radius 1 is 1.24 bits per heavy atom. The van der Waals surface area contributed by atoms with Crippen molar-refractivity contribution in [3.05, 3.63) is 34.7 Å². The van der Waals surface area contributed by atoms with Gasteiger partial charge in [0.1, 0.15) is 0 Å². The summed E-state index contributed by atoms with van der Waals surface area (Å²) >= 11 is 11.2. The average molecular weight is 328 g/mol. The lowest BCUT2D eigenvalue weighted by Gasteiger charge is -2.32. The minimum absolute atomic E-state index is 0.0850. The molecule has 2 heterocycles. The van der Waals surface area contributed by atoms with Crippen LogP contribution in [0.3, 0.4) is 0 Å². The first-order valence-corrected chi connectivity index (χ1v) is 7.71. The first-order chi connectivity index (χ1) is 10.1. The summed E-state index contributed by atoms with van der Waals surface area (Å²) in [6, 6.07) is 7.71. The van der Waals surface area contributed by atoms with Crippen LogP contribution < -0.4 is 5.69 Å². The number of nitrogens with zero attached hydrogens (tertiary/aromatic N) is 2. The van der Waals surface area contributed by atoms with Gasteiger partial charge in [-0.1, -0.05) is 35.3 Å². The number of amides is 1. The maximum absolute atomic E-state index is 12.1. The highest BCUT2D eigenvalue weighted by Gasteiger charge is 2.28. The Morgan fingerprint density at radius 3 is 2.57 bits per heavy atom. The number of fused-ring (bicyclic) bond motifs is 1. The molecule has 1 N–H and O–H groups in total. The molecule has 112 valence electrons. The van der Waals surface area contributed by atoms with Gasteiger partial charge in [0, 0.05) is 19.1 Å². The Hall–Kier alpha value is -1.46. The third kappa shape index (κ3) is 2.68. The highest BCUT2D eigenvalue weighted by molar-refractivity contribution is 6.53. The SMILES string of the molecule is O=C(C(Cl)Cl)N1CCC(n2c(=O)[nH]c3ccccc32)CC1. The van der Waals surface area contributed by atoms with Crippen LogP contribution in [-0.2, 0) is 4.79 Å². The first-order valence-electron chi connectivity index (χ1n) is 6.84. The summed E-state index contributed by atoms with van der Waals surface area (Å²) in [5, 5.41) is 0. The molecule has 0 radical (unpaired) electrons.